The summed E-state index contributed by atoms with van der Waals surface area (Å²) >= 11 is 3.38. The molecule has 0 aromatic carbocycles. The van der Waals surface area contributed by atoms with E-state index in [-0.39, 0.29) is 12.1 Å². The van der Waals surface area contributed by atoms with Crippen LogP contribution in [0.3, 0.4) is 0 Å². The van der Waals surface area contributed by atoms with Gasteiger partial charge in [0, 0.05) is 36.8 Å². The number of pyridine rings is 1. The Kier molecular flexibility index (Phi) is 5.02. The molecule has 1 fully saturated rings. The third kappa shape index (κ3) is 3.73. The normalized spacial score (nSPS) is 15.2. The first kappa shape index (κ1) is 14.9. The summed E-state index contributed by atoms with van der Waals surface area (Å²) in [7, 11) is 0. The van der Waals surface area contributed by atoms with Gasteiger partial charge in [-0.1, -0.05) is 0 Å². The molecule has 1 amide bonds. The first-order valence-corrected chi connectivity index (χ1v) is 7.06. The molecule has 0 bridgehead atoms. The molecule has 2 N–H and O–H groups in total. The topological polar surface area (TPSA) is 83.8 Å². The lowest BCUT2D eigenvalue weighted by molar-refractivity contribution is 0.122. The van der Waals surface area contributed by atoms with Crippen molar-refractivity contribution in [2.75, 3.05) is 37.7 Å². The van der Waals surface area contributed by atoms with Crippen molar-refractivity contribution >= 4 is 27.7 Å². The van der Waals surface area contributed by atoms with Gasteiger partial charge in [0.05, 0.1) is 13.2 Å². The van der Waals surface area contributed by atoms with E-state index >= 15 is 0 Å². The third-order valence-electron chi connectivity index (χ3n) is 3.01. The summed E-state index contributed by atoms with van der Waals surface area (Å²) in [6.07, 6.45) is 0.567. The molecule has 0 radical (unpaired) electrons. The summed E-state index contributed by atoms with van der Waals surface area (Å²) in [5.41, 5.74) is 0.486. The molecular weight excluding hydrogens is 330 g/mol. The van der Waals surface area contributed by atoms with Crippen molar-refractivity contribution in [1.82, 2.24) is 9.88 Å². The number of anilines is 1. The number of nitrogens with zero attached hydrogens (tertiary/aromatic N) is 2. The molecule has 0 aliphatic carbocycles. The maximum absolute atomic E-state index is 12.4. The van der Waals surface area contributed by atoms with E-state index in [2.05, 4.69) is 21.2 Å². The van der Waals surface area contributed by atoms with E-state index in [1.807, 2.05) is 4.90 Å². The number of carboxylic acid groups (broad SMARTS) is 1. The maximum Gasteiger partial charge on any atom is 0.404 e. The Bertz CT molecular complexity index is 540. The van der Waals surface area contributed by atoms with Crippen LogP contribution in [-0.4, -0.2) is 48.6 Å². The third-order valence-corrected chi connectivity index (χ3v) is 3.45. The van der Waals surface area contributed by atoms with Gasteiger partial charge < -0.3 is 24.6 Å². The van der Waals surface area contributed by atoms with Gasteiger partial charge in [-0.15, -0.1) is 0 Å². The van der Waals surface area contributed by atoms with Gasteiger partial charge >= 0.3 is 6.09 Å². The number of rotatable bonds is 4. The largest absolute Gasteiger partial charge is 0.465 e. The van der Waals surface area contributed by atoms with Gasteiger partial charge in [0.2, 0.25) is 0 Å². The van der Waals surface area contributed by atoms with Crippen molar-refractivity contribution in [3.63, 3.8) is 0 Å². The molecule has 7 nitrogen and oxygen atoms in total. The number of ether oxygens (including phenoxy) is 1. The zero-order valence-electron chi connectivity index (χ0n) is 10.8. The maximum atomic E-state index is 12.4. The highest BCUT2D eigenvalue weighted by Crippen LogP contribution is 2.16. The fourth-order valence-electron chi connectivity index (χ4n) is 2.06. The van der Waals surface area contributed by atoms with E-state index in [4.69, 9.17) is 9.84 Å². The Morgan fingerprint density at radius 1 is 1.45 bits per heavy atom. The van der Waals surface area contributed by atoms with Crippen LogP contribution >= 0.6 is 15.9 Å². The highest BCUT2D eigenvalue weighted by atomic mass is 79.9. The second-order valence-electron chi connectivity index (χ2n) is 4.37. The minimum absolute atomic E-state index is 0.123. The van der Waals surface area contributed by atoms with Gasteiger partial charge in [-0.3, -0.25) is 4.79 Å². The fourth-order valence-corrected chi connectivity index (χ4v) is 2.53. The summed E-state index contributed by atoms with van der Waals surface area (Å²) in [4.78, 5) is 24.8. The summed E-state index contributed by atoms with van der Waals surface area (Å²) in [5, 5.41) is 10.8. The monoisotopic (exact) mass is 345 g/mol. The van der Waals surface area contributed by atoms with Gasteiger partial charge in [0.25, 0.3) is 5.56 Å². The highest BCUT2D eigenvalue weighted by molar-refractivity contribution is 9.10. The lowest BCUT2D eigenvalue weighted by Gasteiger charge is -2.28. The fraction of sp³-hybridized carbons (Fsp3) is 0.500. The van der Waals surface area contributed by atoms with Crippen LogP contribution in [0.5, 0.6) is 0 Å². The van der Waals surface area contributed by atoms with Crippen LogP contribution in [0.15, 0.2) is 21.5 Å². The second kappa shape index (κ2) is 6.76. The van der Waals surface area contributed by atoms with Crippen molar-refractivity contribution in [2.45, 2.75) is 6.54 Å². The zero-order chi connectivity index (χ0) is 14.5. The molecule has 1 aliphatic heterocycles. The zero-order valence-corrected chi connectivity index (χ0v) is 12.4. The minimum atomic E-state index is -1.10. The number of morpholine rings is 1. The molecule has 0 spiro atoms. The van der Waals surface area contributed by atoms with Crippen LogP contribution in [0.1, 0.15) is 0 Å². The molecule has 8 heteroatoms. The summed E-state index contributed by atoms with van der Waals surface area (Å²) in [5.74, 6) is 0. The molecule has 110 valence electrons. The molecule has 0 unspecified atom stereocenters. The van der Waals surface area contributed by atoms with Gasteiger partial charge in [-0.25, -0.2) is 4.79 Å². The number of hydrogen-bond acceptors (Lipinski definition) is 4. The quantitative estimate of drug-likeness (QED) is 0.839. The van der Waals surface area contributed by atoms with Gasteiger partial charge in [-0.2, -0.15) is 0 Å². The SMILES string of the molecule is O=C(O)NCCn1cc(Br)cc(N2CCOCC2)c1=O. The van der Waals surface area contributed by atoms with E-state index < -0.39 is 6.09 Å². The van der Waals surface area contributed by atoms with Gasteiger partial charge in [0.1, 0.15) is 5.69 Å². The number of carbonyl (C=O) groups is 1. The molecular formula is C12H16BrN3O4. The van der Waals surface area contributed by atoms with E-state index in [0.29, 0.717) is 38.5 Å². The van der Waals surface area contributed by atoms with Crippen molar-refractivity contribution in [1.29, 1.82) is 0 Å². The molecule has 0 atom stereocenters. The standard InChI is InChI=1S/C12H16BrN3O4/c13-9-7-10(15-3-5-20-6-4-15)11(17)16(8-9)2-1-14-12(18)19/h7-8,14H,1-6H2,(H,18,19). The lowest BCUT2D eigenvalue weighted by atomic mass is 10.3. The lowest BCUT2D eigenvalue weighted by Crippen LogP contribution is -2.41. The van der Waals surface area contributed by atoms with Crippen molar-refractivity contribution in [3.05, 3.63) is 27.1 Å². The van der Waals surface area contributed by atoms with Crippen LogP contribution < -0.4 is 15.8 Å². The number of amides is 1. The molecule has 0 saturated carbocycles. The van der Waals surface area contributed by atoms with E-state index in [1.54, 1.807) is 12.3 Å². The van der Waals surface area contributed by atoms with Crippen LogP contribution in [0, 0.1) is 0 Å². The molecule has 1 aliphatic rings. The second-order valence-corrected chi connectivity index (χ2v) is 5.29. The molecule has 20 heavy (non-hydrogen) atoms. The van der Waals surface area contributed by atoms with E-state index in [9.17, 15) is 9.59 Å². The number of hydrogen-bond donors (Lipinski definition) is 2. The molecule has 1 aromatic rings. The van der Waals surface area contributed by atoms with Crippen LogP contribution in [0.25, 0.3) is 0 Å². The Morgan fingerprint density at radius 3 is 2.80 bits per heavy atom. The predicted octanol–water partition coefficient (Wildman–Crippen LogP) is 0.715. The van der Waals surface area contributed by atoms with E-state index in [1.165, 1.54) is 4.57 Å². The molecule has 1 saturated heterocycles. The average molecular weight is 346 g/mol. The smallest absolute Gasteiger partial charge is 0.404 e. The Labute approximate surface area is 124 Å². The number of halogens is 1. The first-order valence-electron chi connectivity index (χ1n) is 6.27. The Morgan fingerprint density at radius 2 is 2.15 bits per heavy atom. The number of aromatic nitrogens is 1. The predicted molar refractivity (Wildman–Crippen MR) is 77.5 cm³/mol. The van der Waals surface area contributed by atoms with Gasteiger partial charge in [0.15, 0.2) is 0 Å². The number of nitrogens with one attached hydrogen (secondary N) is 1. The molecule has 2 rings (SSSR count). The molecule has 2 heterocycles. The highest BCUT2D eigenvalue weighted by Gasteiger charge is 2.16. The van der Waals surface area contributed by atoms with Crippen molar-refractivity contribution in [2.24, 2.45) is 0 Å². The summed E-state index contributed by atoms with van der Waals surface area (Å²) in [6, 6.07) is 1.79. The van der Waals surface area contributed by atoms with Crippen LogP contribution in [0.4, 0.5) is 10.5 Å². The van der Waals surface area contributed by atoms with E-state index in [0.717, 1.165) is 4.47 Å². The van der Waals surface area contributed by atoms with Crippen molar-refractivity contribution < 1.29 is 14.6 Å². The minimum Gasteiger partial charge on any atom is -0.465 e. The Balaban J connectivity index is 2.18. The summed E-state index contributed by atoms with van der Waals surface area (Å²) < 4.78 is 7.57. The first-order chi connectivity index (χ1) is 9.58. The van der Waals surface area contributed by atoms with Crippen molar-refractivity contribution in [3.8, 4) is 0 Å². The molecule has 1 aromatic heterocycles. The van der Waals surface area contributed by atoms with Gasteiger partial charge in [-0.05, 0) is 22.0 Å². The Hall–Kier alpha value is -1.54. The average Bonchev–Trinajstić information content (AvgIpc) is 2.43. The van der Waals surface area contributed by atoms with Crippen LogP contribution in [0.2, 0.25) is 0 Å². The summed E-state index contributed by atoms with van der Waals surface area (Å²) in [6.45, 7) is 3.05. The van der Waals surface area contributed by atoms with Crippen LogP contribution in [-0.2, 0) is 11.3 Å².